The van der Waals surface area contributed by atoms with E-state index in [1.165, 1.54) is 0 Å². The van der Waals surface area contributed by atoms with E-state index in [1.807, 2.05) is 13.8 Å². The van der Waals surface area contributed by atoms with Gasteiger partial charge in [0.25, 0.3) is 0 Å². The van der Waals surface area contributed by atoms with E-state index in [0.717, 1.165) is 6.42 Å². The van der Waals surface area contributed by atoms with Crippen molar-refractivity contribution >= 4 is 6.21 Å². The highest BCUT2D eigenvalue weighted by molar-refractivity contribution is 5.63. The zero-order chi connectivity index (χ0) is 6.62. The molecule has 0 aromatic heterocycles. The second kappa shape index (κ2) is 2.70. The van der Waals surface area contributed by atoms with Crippen LogP contribution in [0.25, 0.3) is 0 Å². The molecule has 0 fully saturated rings. The van der Waals surface area contributed by atoms with Gasteiger partial charge in [-0.25, -0.2) is 0 Å². The molecule has 0 aliphatic rings. The Hall–Kier alpha value is -0.530. The monoisotopic (exact) mass is 115 g/mol. The quantitative estimate of drug-likeness (QED) is 0.332. The maximum atomic E-state index is 8.10. The van der Waals surface area contributed by atoms with Gasteiger partial charge in [-0.05, 0) is 6.42 Å². The summed E-state index contributed by atoms with van der Waals surface area (Å²) in [5, 5.41) is 11.1. The Kier molecular flexibility index (Phi) is 2.52. The van der Waals surface area contributed by atoms with Gasteiger partial charge in [-0.3, -0.25) is 0 Å². The van der Waals surface area contributed by atoms with Gasteiger partial charge in [0.2, 0.25) is 0 Å². The first kappa shape index (κ1) is 7.47. The highest BCUT2D eigenvalue weighted by Crippen LogP contribution is 2.15. The van der Waals surface area contributed by atoms with Crippen LogP contribution in [-0.2, 0) is 0 Å². The molecule has 0 aliphatic heterocycles. The van der Waals surface area contributed by atoms with Crippen molar-refractivity contribution in [3.63, 3.8) is 0 Å². The van der Waals surface area contributed by atoms with Crippen LogP contribution in [0.5, 0.6) is 0 Å². The molecule has 0 amide bonds. The third kappa shape index (κ3) is 2.61. The lowest BCUT2D eigenvalue weighted by Crippen LogP contribution is -2.10. The number of hydrogen-bond donors (Lipinski definition) is 1. The minimum Gasteiger partial charge on any atom is -0.411 e. The Morgan fingerprint density at radius 1 is 1.62 bits per heavy atom. The first-order valence-corrected chi connectivity index (χ1v) is 2.81. The molecule has 0 bridgehead atoms. The molecule has 0 aliphatic carbocycles. The van der Waals surface area contributed by atoms with Crippen LogP contribution < -0.4 is 0 Å². The second-order valence-corrected chi connectivity index (χ2v) is 2.59. The molecular weight excluding hydrogens is 102 g/mol. The van der Waals surface area contributed by atoms with Crippen LogP contribution in [0.1, 0.15) is 27.2 Å². The number of rotatable bonds is 2. The van der Waals surface area contributed by atoms with E-state index in [1.54, 1.807) is 6.21 Å². The summed E-state index contributed by atoms with van der Waals surface area (Å²) in [4.78, 5) is 0. The van der Waals surface area contributed by atoms with E-state index in [0.29, 0.717) is 0 Å². The van der Waals surface area contributed by atoms with Gasteiger partial charge < -0.3 is 5.21 Å². The van der Waals surface area contributed by atoms with Gasteiger partial charge >= 0.3 is 0 Å². The van der Waals surface area contributed by atoms with E-state index in [4.69, 9.17) is 5.21 Å². The minimum absolute atomic E-state index is 0.0503. The Morgan fingerprint density at radius 2 is 2.12 bits per heavy atom. The molecule has 1 N–H and O–H groups in total. The molecule has 0 heterocycles. The van der Waals surface area contributed by atoms with Gasteiger partial charge in [0.1, 0.15) is 0 Å². The molecule has 0 saturated carbocycles. The van der Waals surface area contributed by atoms with Gasteiger partial charge in [0.05, 0.1) is 0 Å². The molecule has 0 saturated heterocycles. The predicted molar refractivity (Wildman–Crippen MR) is 34.4 cm³/mol. The van der Waals surface area contributed by atoms with Crippen molar-refractivity contribution in [3.05, 3.63) is 0 Å². The summed E-state index contributed by atoms with van der Waals surface area (Å²) in [6.07, 6.45) is 2.55. The minimum atomic E-state index is 0.0503. The summed E-state index contributed by atoms with van der Waals surface area (Å²) in [6, 6.07) is 0. The fraction of sp³-hybridized carbons (Fsp3) is 0.833. The van der Waals surface area contributed by atoms with E-state index in [-0.39, 0.29) is 5.41 Å². The van der Waals surface area contributed by atoms with Crippen LogP contribution in [0, 0.1) is 5.41 Å². The fourth-order valence-electron chi connectivity index (χ4n) is 0.248. The number of nitrogens with zero attached hydrogens (tertiary/aromatic N) is 1. The van der Waals surface area contributed by atoms with Gasteiger partial charge in [0.15, 0.2) is 0 Å². The van der Waals surface area contributed by atoms with E-state index < -0.39 is 0 Å². The van der Waals surface area contributed by atoms with Gasteiger partial charge in [-0.2, -0.15) is 0 Å². The van der Waals surface area contributed by atoms with Crippen LogP contribution >= 0.6 is 0 Å². The van der Waals surface area contributed by atoms with Crippen molar-refractivity contribution in [3.8, 4) is 0 Å². The molecule has 0 spiro atoms. The van der Waals surface area contributed by atoms with Crippen molar-refractivity contribution in [2.75, 3.05) is 0 Å². The van der Waals surface area contributed by atoms with Gasteiger partial charge in [-0.1, -0.05) is 20.8 Å². The smallest absolute Gasteiger partial charge is 0.0492 e. The largest absolute Gasteiger partial charge is 0.411 e. The number of oxime groups is 1. The molecule has 48 valence electrons. The average molecular weight is 115 g/mol. The molecule has 0 unspecified atom stereocenters. The van der Waals surface area contributed by atoms with Crippen LogP contribution in [0.3, 0.4) is 0 Å². The SMILES string of the molecule is CCC(C)(C)/C=N/O. The summed E-state index contributed by atoms with van der Waals surface area (Å²) in [5.74, 6) is 0. The number of hydrogen-bond acceptors (Lipinski definition) is 2. The molecule has 8 heavy (non-hydrogen) atoms. The highest BCUT2D eigenvalue weighted by Gasteiger charge is 2.10. The van der Waals surface area contributed by atoms with Crippen LogP contribution in [-0.4, -0.2) is 11.4 Å². The van der Waals surface area contributed by atoms with Crippen molar-refractivity contribution in [2.45, 2.75) is 27.2 Å². The lowest BCUT2D eigenvalue weighted by atomic mass is 9.92. The molecule has 0 aromatic rings. The Morgan fingerprint density at radius 3 is 2.25 bits per heavy atom. The van der Waals surface area contributed by atoms with Gasteiger partial charge in [0, 0.05) is 11.6 Å². The second-order valence-electron chi connectivity index (χ2n) is 2.59. The van der Waals surface area contributed by atoms with Gasteiger partial charge in [-0.15, -0.1) is 5.16 Å². The normalized spacial score (nSPS) is 12.9. The van der Waals surface area contributed by atoms with E-state index >= 15 is 0 Å². The van der Waals surface area contributed by atoms with Crippen molar-refractivity contribution in [2.24, 2.45) is 10.6 Å². The Bertz CT molecular complexity index is 86.5. The van der Waals surface area contributed by atoms with E-state index in [2.05, 4.69) is 12.1 Å². The van der Waals surface area contributed by atoms with Crippen LogP contribution in [0.15, 0.2) is 5.16 Å². The summed E-state index contributed by atoms with van der Waals surface area (Å²) >= 11 is 0. The standard InChI is InChI=1S/C6H13NO/c1-4-6(2,3)5-7-8/h5,8H,4H2,1-3H3/b7-5+. The summed E-state index contributed by atoms with van der Waals surface area (Å²) in [7, 11) is 0. The lowest BCUT2D eigenvalue weighted by Gasteiger charge is -2.13. The molecule has 2 heteroatoms. The zero-order valence-electron chi connectivity index (χ0n) is 5.68. The van der Waals surface area contributed by atoms with E-state index in [9.17, 15) is 0 Å². The first-order chi connectivity index (χ1) is 3.62. The lowest BCUT2D eigenvalue weighted by molar-refractivity contribution is 0.313. The van der Waals surface area contributed by atoms with Crippen LogP contribution in [0.4, 0.5) is 0 Å². The zero-order valence-corrected chi connectivity index (χ0v) is 5.68. The molecule has 0 atom stereocenters. The summed E-state index contributed by atoms with van der Waals surface area (Å²) < 4.78 is 0. The highest BCUT2D eigenvalue weighted by atomic mass is 16.4. The Balaban J connectivity index is 3.71. The fourth-order valence-corrected chi connectivity index (χ4v) is 0.248. The summed E-state index contributed by atoms with van der Waals surface area (Å²) in [5.41, 5.74) is 0.0503. The average Bonchev–Trinajstić information content (AvgIpc) is 1.67. The topological polar surface area (TPSA) is 32.6 Å². The molecule has 0 aromatic carbocycles. The molecule has 0 rings (SSSR count). The third-order valence-electron chi connectivity index (χ3n) is 1.32. The maximum Gasteiger partial charge on any atom is 0.0492 e. The molecule has 2 nitrogen and oxygen atoms in total. The maximum absolute atomic E-state index is 8.10. The summed E-state index contributed by atoms with van der Waals surface area (Å²) in [6.45, 7) is 6.10. The molecular formula is C6H13NO. The molecule has 0 radical (unpaired) electrons. The third-order valence-corrected chi connectivity index (χ3v) is 1.32. The van der Waals surface area contributed by atoms with Crippen LogP contribution in [0.2, 0.25) is 0 Å². The predicted octanol–water partition coefficient (Wildman–Crippen LogP) is 1.88. The first-order valence-electron chi connectivity index (χ1n) is 2.81. The Labute approximate surface area is 50.2 Å². The van der Waals surface area contributed by atoms with Crippen molar-refractivity contribution < 1.29 is 5.21 Å². The van der Waals surface area contributed by atoms with Crippen molar-refractivity contribution in [1.82, 2.24) is 0 Å². The van der Waals surface area contributed by atoms with Crippen molar-refractivity contribution in [1.29, 1.82) is 0 Å².